The number of hydrogen-bond donors (Lipinski definition) is 1. The molecule has 0 radical (unpaired) electrons. The molecule has 0 saturated carbocycles. The number of rotatable bonds is 6. The Morgan fingerprint density at radius 1 is 1.50 bits per heavy atom. The maximum absolute atomic E-state index is 11.3. The first-order valence-corrected chi connectivity index (χ1v) is 6.15. The van der Waals surface area contributed by atoms with E-state index in [2.05, 4.69) is 12.2 Å². The van der Waals surface area contributed by atoms with Crippen molar-refractivity contribution in [2.75, 3.05) is 26.9 Å². The molecule has 0 bridgehead atoms. The van der Waals surface area contributed by atoms with E-state index >= 15 is 0 Å². The van der Waals surface area contributed by atoms with Crippen LogP contribution in [0.2, 0.25) is 0 Å². The third-order valence-electron chi connectivity index (χ3n) is 3.11. The van der Waals surface area contributed by atoms with E-state index < -0.39 is 0 Å². The summed E-state index contributed by atoms with van der Waals surface area (Å²) in [6.45, 7) is 4.72. The SMILES string of the molecule is CCCNC(CC(=O)OC)C1CCOCC1. The van der Waals surface area contributed by atoms with Crippen LogP contribution in [-0.4, -0.2) is 38.9 Å². The Kier molecular flexibility index (Phi) is 6.42. The van der Waals surface area contributed by atoms with Gasteiger partial charge in [0.05, 0.1) is 13.5 Å². The predicted molar refractivity (Wildman–Crippen MR) is 62.3 cm³/mol. The highest BCUT2D eigenvalue weighted by Gasteiger charge is 2.25. The number of carbonyl (C=O) groups excluding carboxylic acids is 1. The lowest BCUT2D eigenvalue weighted by Crippen LogP contribution is -2.41. The predicted octanol–water partition coefficient (Wildman–Crippen LogP) is 1.34. The van der Waals surface area contributed by atoms with Gasteiger partial charge in [-0.25, -0.2) is 0 Å². The molecule has 4 nitrogen and oxygen atoms in total. The van der Waals surface area contributed by atoms with E-state index in [-0.39, 0.29) is 12.0 Å². The van der Waals surface area contributed by atoms with Crippen molar-refractivity contribution >= 4 is 5.97 Å². The van der Waals surface area contributed by atoms with Crippen molar-refractivity contribution in [3.8, 4) is 0 Å². The number of nitrogens with one attached hydrogen (secondary N) is 1. The van der Waals surface area contributed by atoms with Crippen LogP contribution in [-0.2, 0) is 14.3 Å². The van der Waals surface area contributed by atoms with Crippen LogP contribution < -0.4 is 5.32 Å². The number of ether oxygens (including phenoxy) is 2. The van der Waals surface area contributed by atoms with Gasteiger partial charge in [0, 0.05) is 19.3 Å². The molecule has 0 aromatic heterocycles. The van der Waals surface area contributed by atoms with Gasteiger partial charge in [-0.3, -0.25) is 4.79 Å². The van der Waals surface area contributed by atoms with Crippen LogP contribution in [0.4, 0.5) is 0 Å². The van der Waals surface area contributed by atoms with E-state index in [0.29, 0.717) is 12.3 Å². The fourth-order valence-electron chi connectivity index (χ4n) is 2.12. The van der Waals surface area contributed by atoms with Crippen LogP contribution in [0.15, 0.2) is 0 Å². The van der Waals surface area contributed by atoms with Crippen LogP contribution >= 0.6 is 0 Å². The van der Waals surface area contributed by atoms with Gasteiger partial charge in [-0.2, -0.15) is 0 Å². The summed E-state index contributed by atoms with van der Waals surface area (Å²) in [5, 5.41) is 3.45. The maximum Gasteiger partial charge on any atom is 0.307 e. The first-order chi connectivity index (χ1) is 7.77. The summed E-state index contributed by atoms with van der Waals surface area (Å²) < 4.78 is 10.1. The molecule has 1 unspecified atom stereocenters. The minimum Gasteiger partial charge on any atom is -0.469 e. The smallest absolute Gasteiger partial charge is 0.307 e. The monoisotopic (exact) mass is 229 g/mol. The fourth-order valence-corrected chi connectivity index (χ4v) is 2.12. The summed E-state index contributed by atoms with van der Waals surface area (Å²) in [7, 11) is 1.45. The summed E-state index contributed by atoms with van der Waals surface area (Å²) in [5.74, 6) is 0.416. The molecule has 94 valence electrons. The second-order valence-corrected chi connectivity index (χ2v) is 4.29. The lowest BCUT2D eigenvalue weighted by atomic mass is 9.89. The zero-order valence-electron chi connectivity index (χ0n) is 10.3. The van der Waals surface area contributed by atoms with Crippen LogP contribution in [0.25, 0.3) is 0 Å². The van der Waals surface area contributed by atoms with Gasteiger partial charge < -0.3 is 14.8 Å². The number of carbonyl (C=O) groups is 1. The van der Waals surface area contributed by atoms with Crippen LogP contribution in [0.3, 0.4) is 0 Å². The first-order valence-electron chi connectivity index (χ1n) is 6.15. The van der Waals surface area contributed by atoms with E-state index in [1.54, 1.807) is 0 Å². The van der Waals surface area contributed by atoms with Gasteiger partial charge in [0.25, 0.3) is 0 Å². The molecule has 1 heterocycles. The largest absolute Gasteiger partial charge is 0.469 e. The van der Waals surface area contributed by atoms with Gasteiger partial charge in [0.15, 0.2) is 0 Å². The van der Waals surface area contributed by atoms with Gasteiger partial charge >= 0.3 is 5.97 Å². The summed E-state index contributed by atoms with van der Waals surface area (Å²) in [6.07, 6.45) is 3.64. The summed E-state index contributed by atoms with van der Waals surface area (Å²) >= 11 is 0. The maximum atomic E-state index is 11.3. The molecule has 1 fully saturated rings. The van der Waals surface area contributed by atoms with Crippen molar-refractivity contribution in [3.05, 3.63) is 0 Å². The number of esters is 1. The molecule has 0 amide bonds. The van der Waals surface area contributed by atoms with E-state index in [0.717, 1.165) is 39.0 Å². The van der Waals surface area contributed by atoms with Crippen molar-refractivity contribution in [2.24, 2.45) is 5.92 Å². The molecule has 1 atom stereocenters. The molecule has 0 aromatic rings. The van der Waals surface area contributed by atoms with Crippen LogP contribution in [0.1, 0.15) is 32.6 Å². The fraction of sp³-hybridized carbons (Fsp3) is 0.917. The molecule has 1 N–H and O–H groups in total. The topological polar surface area (TPSA) is 47.6 Å². The first kappa shape index (κ1) is 13.5. The standard InChI is InChI=1S/C12H23NO3/c1-3-6-13-11(9-12(14)15-2)10-4-7-16-8-5-10/h10-11,13H,3-9H2,1-2H3. The van der Waals surface area contributed by atoms with Crippen LogP contribution in [0, 0.1) is 5.92 Å². The van der Waals surface area contributed by atoms with Crippen molar-refractivity contribution in [3.63, 3.8) is 0 Å². The number of methoxy groups -OCH3 is 1. The van der Waals surface area contributed by atoms with Gasteiger partial charge in [-0.05, 0) is 31.7 Å². The van der Waals surface area contributed by atoms with Crippen molar-refractivity contribution in [2.45, 2.75) is 38.6 Å². The van der Waals surface area contributed by atoms with Crippen molar-refractivity contribution in [1.29, 1.82) is 0 Å². The zero-order valence-corrected chi connectivity index (χ0v) is 10.3. The average molecular weight is 229 g/mol. The van der Waals surface area contributed by atoms with Crippen molar-refractivity contribution < 1.29 is 14.3 Å². The summed E-state index contributed by atoms with van der Waals surface area (Å²) in [5.41, 5.74) is 0. The Bertz CT molecular complexity index is 202. The molecular formula is C12H23NO3. The van der Waals surface area contributed by atoms with E-state index in [4.69, 9.17) is 9.47 Å². The average Bonchev–Trinajstić information content (AvgIpc) is 2.35. The van der Waals surface area contributed by atoms with Gasteiger partial charge in [-0.1, -0.05) is 6.92 Å². The molecule has 1 saturated heterocycles. The highest BCUT2D eigenvalue weighted by molar-refractivity contribution is 5.69. The second kappa shape index (κ2) is 7.63. The number of hydrogen-bond acceptors (Lipinski definition) is 4. The Hall–Kier alpha value is -0.610. The van der Waals surface area contributed by atoms with E-state index in [9.17, 15) is 4.79 Å². The molecule has 16 heavy (non-hydrogen) atoms. The van der Waals surface area contributed by atoms with Crippen molar-refractivity contribution in [1.82, 2.24) is 5.32 Å². The van der Waals surface area contributed by atoms with Gasteiger partial charge in [-0.15, -0.1) is 0 Å². The van der Waals surface area contributed by atoms with E-state index in [1.165, 1.54) is 7.11 Å². The Morgan fingerprint density at radius 2 is 2.19 bits per heavy atom. The molecule has 0 aromatic carbocycles. The molecular weight excluding hydrogens is 206 g/mol. The summed E-state index contributed by atoms with van der Waals surface area (Å²) in [4.78, 5) is 11.3. The molecule has 1 aliphatic rings. The minimum atomic E-state index is -0.125. The molecule has 1 rings (SSSR count). The minimum absolute atomic E-state index is 0.125. The zero-order chi connectivity index (χ0) is 11.8. The molecule has 0 spiro atoms. The normalized spacial score (nSPS) is 19.4. The second-order valence-electron chi connectivity index (χ2n) is 4.29. The quantitative estimate of drug-likeness (QED) is 0.698. The van der Waals surface area contributed by atoms with Gasteiger partial charge in [0.1, 0.15) is 0 Å². The Labute approximate surface area is 97.7 Å². The highest BCUT2D eigenvalue weighted by Crippen LogP contribution is 2.21. The summed E-state index contributed by atoms with van der Waals surface area (Å²) in [6, 6.07) is 0.247. The van der Waals surface area contributed by atoms with Crippen LogP contribution in [0.5, 0.6) is 0 Å². The highest BCUT2D eigenvalue weighted by atomic mass is 16.5. The Morgan fingerprint density at radius 3 is 2.75 bits per heavy atom. The Balaban J connectivity index is 2.43. The molecule has 0 aliphatic carbocycles. The lowest BCUT2D eigenvalue weighted by molar-refractivity contribution is -0.141. The molecule has 4 heteroatoms. The van der Waals surface area contributed by atoms with Gasteiger partial charge in [0.2, 0.25) is 0 Å². The third-order valence-corrected chi connectivity index (χ3v) is 3.11. The lowest BCUT2D eigenvalue weighted by Gasteiger charge is -2.30. The van der Waals surface area contributed by atoms with E-state index in [1.807, 2.05) is 0 Å². The molecule has 1 aliphatic heterocycles. The third kappa shape index (κ3) is 4.49.